The fraction of sp³-hybridized carbons (Fsp3) is 0.533. The van der Waals surface area contributed by atoms with Crippen LogP contribution in [-0.2, 0) is 0 Å². The third kappa shape index (κ3) is 5.14. The lowest BCUT2D eigenvalue weighted by atomic mass is 10.0. The molecular formula is C15H24N2. The first-order chi connectivity index (χ1) is 8.27. The van der Waals surface area contributed by atoms with E-state index < -0.39 is 0 Å². The van der Waals surface area contributed by atoms with Crippen molar-refractivity contribution in [3.63, 3.8) is 0 Å². The summed E-state index contributed by atoms with van der Waals surface area (Å²) in [7, 11) is 2.02. The second kappa shape index (κ2) is 8.02. The second-order valence-corrected chi connectivity index (χ2v) is 4.50. The van der Waals surface area contributed by atoms with Crippen molar-refractivity contribution in [2.24, 2.45) is 0 Å². The number of allylic oxidation sites excluding steroid dienone is 1. The number of hydrogen-bond donors (Lipinski definition) is 1. The van der Waals surface area contributed by atoms with Crippen molar-refractivity contribution in [1.82, 2.24) is 10.3 Å². The van der Waals surface area contributed by atoms with E-state index in [0.717, 1.165) is 12.1 Å². The van der Waals surface area contributed by atoms with Gasteiger partial charge in [0.1, 0.15) is 0 Å². The van der Waals surface area contributed by atoms with Crippen LogP contribution in [0.2, 0.25) is 0 Å². The molecule has 0 fully saturated rings. The minimum Gasteiger partial charge on any atom is -0.313 e. The van der Waals surface area contributed by atoms with Crippen LogP contribution >= 0.6 is 0 Å². The molecule has 0 saturated carbocycles. The molecule has 0 amide bonds. The molecule has 1 aromatic heterocycles. The molecule has 1 rings (SSSR count). The van der Waals surface area contributed by atoms with Gasteiger partial charge >= 0.3 is 0 Å². The molecule has 2 heteroatoms. The topological polar surface area (TPSA) is 24.9 Å². The lowest BCUT2D eigenvalue weighted by Gasteiger charge is -2.16. The van der Waals surface area contributed by atoms with Gasteiger partial charge in [-0.15, -0.1) is 6.58 Å². The number of hydrogen-bond acceptors (Lipinski definition) is 2. The first kappa shape index (κ1) is 13.9. The van der Waals surface area contributed by atoms with Crippen LogP contribution in [-0.4, -0.2) is 12.0 Å². The van der Waals surface area contributed by atoms with Gasteiger partial charge in [0.05, 0.1) is 0 Å². The SMILES string of the molecule is C=CCCCCCC(NC)c1ccc(C)nc1. The lowest BCUT2D eigenvalue weighted by Crippen LogP contribution is -2.16. The molecule has 0 spiro atoms. The van der Waals surface area contributed by atoms with Crippen molar-refractivity contribution in [3.05, 3.63) is 42.2 Å². The Bertz CT molecular complexity index is 316. The summed E-state index contributed by atoms with van der Waals surface area (Å²) in [6.07, 6.45) is 10.1. The summed E-state index contributed by atoms with van der Waals surface area (Å²) >= 11 is 0. The maximum Gasteiger partial charge on any atom is 0.0372 e. The van der Waals surface area contributed by atoms with Gasteiger partial charge in [-0.25, -0.2) is 0 Å². The summed E-state index contributed by atoms with van der Waals surface area (Å²) in [6.45, 7) is 5.77. The predicted octanol–water partition coefficient (Wildman–Crippen LogP) is 3.79. The molecule has 17 heavy (non-hydrogen) atoms. The van der Waals surface area contributed by atoms with E-state index in [4.69, 9.17) is 0 Å². The van der Waals surface area contributed by atoms with Crippen molar-refractivity contribution in [3.8, 4) is 0 Å². The monoisotopic (exact) mass is 232 g/mol. The van der Waals surface area contributed by atoms with Gasteiger partial charge in [0.2, 0.25) is 0 Å². The number of nitrogens with zero attached hydrogens (tertiary/aromatic N) is 1. The summed E-state index contributed by atoms with van der Waals surface area (Å²) in [6, 6.07) is 4.69. The Kier molecular flexibility index (Phi) is 6.56. The third-order valence-corrected chi connectivity index (χ3v) is 3.09. The van der Waals surface area contributed by atoms with E-state index in [0.29, 0.717) is 6.04 Å². The molecular weight excluding hydrogens is 208 g/mol. The highest BCUT2D eigenvalue weighted by Crippen LogP contribution is 2.19. The van der Waals surface area contributed by atoms with Crippen LogP contribution in [0.5, 0.6) is 0 Å². The molecule has 0 bridgehead atoms. The third-order valence-electron chi connectivity index (χ3n) is 3.09. The number of pyridine rings is 1. The molecule has 2 nitrogen and oxygen atoms in total. The highest BCUT2D eigenvalue weighted by Gasteiger charge is 2.08. The number of unbranched alkanes of at least 4 members (excludes halogenated alkanes) is 3. The van der Waals surface area contributed by atoms with Gasteiger partial charge in [-0.3, -0.25) is 4.98 Å². The van der Waals surface area contributed by atoms with E-state index in [1.165, 1.54) is 31.2 Å². The predicted molar refractivity (Wildman–Crippen MR) is 74.1 cm³/mol. The second-order valence-electron chi connectivity index (χ2n) is 4.50. The number of aryl methyl sites for hydroxylation is 1. The zero-order valence-corrected chi connectivity index (χ0v) is 11.1. The quantitative estimate of drug-likeness (QED) is 0.545. The highest BCUT2D eigenvalue weighted by molar-refractivity contribution is 5.17. The maximum atomic E-state index is 4.35. The highest BCUT2D eigenvalue weighted by atomic mass is 14.9. The molecule has 0 radical (unpaired) electrons. The average Bonchev–Trinajstić information content (AvgIpc) is 2.35. The van der Waals surface area contributed by atoms with Crippen LogP contribution in [0.25, 0.3) is 0 Å². The van der Waals surface area contributed by atoms with Crippen LogP contribution in [0.1, 0.15) is 49.4 Å². The van der Waals surface area contributed by atoms with Crippen LogP contribution < -0.4 is 5.32 Å². The van der Waals surface area contributed by atoms with E-state index >= 15 is 0 Å². The molecule has 1 aromatic rings. The molecule has 1 heterocycles. The molecule has 94 valence electrons. The van der Waals surface area contributed by atoms with Crippen molar-refractivity contribution in [2.45, 2.75) is 45.1 Å². The molecule has 1 unspecified atom stereocenters. The molecule has 0 aliphatic rings. The zero-order chi connectivity index (χ0) is 12.5. The Labute approximate surface area is 105 Å². The van der Waals surface area contributed by atoms with Gasteiger partial charge in [0.15, 0.2) is 0 Å². The summed E-state index contributed by atoms with van der Waals surface area (Å²) in [5.41, 5.74) is 2.37. The van der Waals surface area contributed by atoms with Crippen molar-refractivity contribution < 1.29 is 0 Å². The number of rotatable bonds is 8. The molecule has 0 aliphatic heterocycles. The van der Waals surface area contributed by atoms with Gasteiger partial charge in [0, 0.05) is 17.9 Å². The van der Waals surface area contributed by atoms with Gasteiger partial charge in [-0.05, 0) is 44.9 Å². The van der Waals surface area contributed by atoms with E-state index in [9.17, 15) is 0 Å². The largest absolute Gasteiger partial charge is 0.313 e. The Morgan fingerprint density at radius 2 is 2.18 bits per heavy atom. The minimum absolute atomic E-state index is 0.437. The van der Waals surface area contributed by atoms with E-state index in [2.05, 4.69) is 29.0 Å². The standard InChI is InChI=1S/C15H24N2/c1-4-5-6-7-8-9-15(16-3)14-11-10-13(2)17-12-14/h4,10-12,15-16H,1,5-9H2,2-3H3. The van der Waals surface area contributed by atoms with Gasteiger partial charge in [-0.1, -0.05) is 25.0 Å². The van der Waals surface area contributed by atoms with E-state index in [1.807, 2.05) is 26.2 Å². The zero-order valence-electron chi connectivity index (χ0n) is 11.1. The molecule has 0 aromatic carbocycles. The van der Waals surface area contributed by atoms with Crippen LogP contribution in [0.4, 0.5) is 0 Å². The van der Waals surface area contributed by atoms with Crippen LogP contribution in [0.15, 0.2) is 31.0 Å². The Hall–Kier alpha value is -1.15. The van der Waals surface area contributed by atoms with Crippen LogP contribution in [0, 0.1) is 6.92 Å². The lowest BCUT2D eigenvalue weighted by molar-refractivity contribution is 0.506. The number of aromatic nitrogens is 1. The van der Waals surface area contributed by atoms with Crippen molar-refractivity contribution in [1.29, 1.82) is 0 Å². The fourth-order valence-corrected chi connectivity index (χ4v) is 1.98. The normalized spacial score (nSPS) is 12.4. The van der Waals surface area contributed by atoms with Crippen molar-refractivity contribution >= 4 is 0 Å². The summed E-state index contributed by atoms with van der Waals surface area (Å²) in [5, 5.41) is 3.37. The fourth-order valence-electron chi connectivity index (χ4n) is 1.98. The summed E-state index contributed by atoms with van der Waals surface area (Å²) < 4.78 is 0. The maximum absolute atomic E-state index is 4.35. The van der Waals surface area contributed by atoms with E-state index in [-0.39, 0.29) is 0 Å². The van der Waals surface area contributed by atoms with Gasteiger partial charge < -0.3 is 5.32 Å². The van der Waals surface area contributed by atoms with Gasteiger partial charge in [0.25, 0.3) is 0 Å². The Balaban J connectivity index is 2.37. The Morgan fingerprint density at radius 3 is 2.76 bits per heavy atom. The van der Waals surface area contributed by atoms with E-state index in [1.54, 1.807) is 0 Å². The summed E-state index contributed by atoms with van der Waals surface area (Å²) in [4.78, 5) is 4.35. The molecule has 0 aliphatic carbocycles. The van der Waals surface area contributed by atoms with Gasteiger partial charge in [-0.2, -0.15) is 0 Å². The molecule has 1 N–H and O–H groups in total. The smallest absolute Gasteiger partial charge is 0.0372 e. The molecule has 1 atom stereocenters. The average molecular weight is 232 g/mol. The Morgan fingerprint density at radius 1 is 1.35 bits per heavy atom. The number of nitrogens with one attached hydrogen (secondary N) is 1. The molecule has 0 saturated heterocycles. The first-order valence-corrected chi connectivity index (χ1v) is 6.48. The van der Waals surface area contributed by atoms with Crippen LogP contribution in [0.3, 0.4) is 0 Å². The van der Waals surface area contributed by atoms with Crippen molar-refractivity contribution in [2.75, 3.05) is 7.05 Å². The first-order valence-electron chi connectivity index (χ1n) is 6.48. The minimum atomic E-state index is 0.437. The summed E-state index contributed by atoms with van der Waals surface area (Å²) in [5.74, 6) is 0.